The summed E-state index contributed by atoms with van der Waals surface area (Å²) in [6, 6.07) is 3.83. The number of benzene rings is 1. The zero-order chi connectivity index (χ0) is 15.0. The van der Waals surface area contributed by atoms with E-state index in [1.54, 1.807) is 6.07 Å². The van der Waals surface area contributed by atoms with Crippen molar-refractivity contribution in [2.24, 2.45) is 0 Å². The Labute approximate surface area is 119 Å². The van der Waals surface area contributed by atoms with Crippen molar-refractivity contribution in [3.63, 3.8) is 0 Å². The van der Waals surface area contributed by atoms with Gasteiger partial charge in [0.25, 0.3) is 0 Å². The molecule has 1 aromatic carbocycles. The molecule has 114 valence electrons. The van der Waals surface area contributed by atoms with Crippen LogP contribution in [0.1, 0.15) is 26.3 Å². The predicted molar refractivity (Wildman–Crippen MR) is 74.6 cm³/mol. The molecule has 20 heavy (non-hydrogen) atoms. The maximum atomic E-state index is 13.3. The van der Waals surface area contributed by atoms with Crippen molar-refractivity contribution < 1.29 is 18.3 Å². The van der Waals surface area contributed by atoms with Gasteiger partial charge in [0.1, 0.15) is 0 Å². The second kappa shape index (κ2) is 9.00. The maximum absolute atomic E-state index is 13.3. The van der Waals surface area contributed by atoms with E-state index in [2.05, 4.69) is 5.32 Å². The fourth-order valence-corrected chi connectivity index (χ4v) is 2.06. The van der Waals surface area contributed by atoms with Gasteiger partial charge in [0, 0.05) is 13.2 Å². The standard InChI is InChI=1S/C15H23F2NO2/c1-4-18-14(15(19-5-2)20-6-3)10-11-7-8-12(16)13(17)9-11/h7-9,14-15,18H,4-6,10H2,1-3H3. The summed E-state index contributed by atoms with van der Waals surface area (Å²) in [7, 11) is 0. The van der Waals surface area contributed by atoms with E-state index in [1.165, 1.54) is 6.07 Å². The highest BCUT2D eigenvalue weighted by Crippen LogP contribution is 2.14. The number of hydrogen-bond donors (Lipinski definition) is 1. The van der Waals surface area contributed by atoms with Crippen molar-refractivity contribution in [3.05, 3.63) is 35.4 Å². The minimum atomic E-state index is -0.833. The Morgan fingerprint density at radius 1 is 1.05 bits per heavy atom. The first kappa shape index (κ1) is 17.0. The zero-order valence-electron chi connectivity index (χ0n) is 12.3. The minimum absolute atomic E-state index is 0.107. The average Bonchev–Trinajstić information content (AvgIpc) is 2.42. The lowest BCUT2D eigenvalue weighted by atomic mass is 10.0. The van der Waals surface area contributed by atoms with E-state index in [0.717, 1.165) is 12.6 Å². The molecule has 0 aromatic heterocycles. The smallest absolute Gasteiger partial charge is 0.172 e. The van der Waals surface area contributed by atoms with Crippen LogP contribution < -0.4 is 5.32 Å². The predicted octanol–water partition coefficient (Wildman–Crippen LogP) is 2.88. The molecule has 0 aliphatic heterocycles. The minimum Gasteiger partial charge on any atom is -0.351 e. The largest absolute Gasteiger partial charge is 0.351 e. The van der Waals surface area contributed by atoms with Gasteiger partial charge in [-0.1, -0.05) is 13.0 Å². The maximum Gasteiger partial charge on any atom is 0.172 e. The molecule has 0 heterocycles. The molecule has 1 rings (SSSR count). The summed E-state index contributed by atoms with van der Waals surface area (Å²) in [5.41, 5.74) is 0.708. The average molecular weight is 287 g/mol. The first-order valence-corrected chi connectivity index (χ1v) is 7.02. The molecular formula is C15H23F2NO2. The topological polar surface area (TPSA) is 30.5 Å². The zero-order valence-corrected chi connectivity index (χ0v) is 12.3. The van der Waals surface area contributed by atoms with Crippen molar-refractivity contribution >= 4 is 0 Å². The van der Waals surface area contributed by atoms with Gasteiger partial charge in [0.05, 0.1) is 6.04 Å². The summed E-state index contributed by atoms with van der Waals surface area (Å²) in [6.45, 7) is 7.58. The number of nitrogens with one attached hydrogen (secondary N) is 1. The Morgan fingerprint density at radius 2 is 1.70 bits per heavy atom. The molecule has 5 heteroatoms. The monoisotopic (exact) mass is 287 g/mol. The normalized spacial score (nSPS) is 12.9. The fourth-order valence-electron chi connectivity index (χ4n) is 2.06. The molecule has 1 atom stereocenters. The van der Waals surface area contributed by atoms with Crippen LogP contribution in [0.5, 0.6) is 0 Å². The van der Waals surface area contributed by atoms with Gasteiger partial charge in [0.2, 0.25) is 0 Å². The van der Waals surface area contributed by atoms with Crippen LogP contribution in [0.15, 0.2) is 18.2 Å². The Balaban J connectivity index is 2.80. The van der Waals surface area contributed by atoms with Crippen LogP contribution >= 0.6 is 0 Å². The molecule has 0 spiro atoms. The summed E-state index contributed by atoms with van der Waals surface area (Å²) >= 11 is 0. The Kier molecular flexibility index (Phi) is 7.65. The Hall–Kier alpha value is -1.04. The molecule has 3 nitrogen and oxygen atoms in total. The van der Waals surface area contributed by atoms with Gasteiger partial charge < -0.3 is 14.8 Å². The highest BCUT2D eigenvalue weighted by Gasteiger charge is 2.22. The van der Waals surface area contributed by atoms with E-state index in [1.807, 2.05) is 20.8 Å². The molecule has 0 saturated heterocycles. The molecule has 0 saturated carbocycles. The van der Waals surface area contributed by atoms with Gasteiger partial charge in [-0.2, -0.15) is 0 Å². The highest BCUT2D eigenvalue weighted by atomic mass is 19.2. The third-order valence-electron chi connectivity index (χ3n) is 2.90. The molecule has 0 amide bonds. The molecule has 0 aliphatic carbocycles. The van der Waals surface area contributed by atoms with Crippen molar-refractivity contribution in [1.29, 1.82) is 0 Å². The lowest BCUT2D eigenvalue weighted by Gasteiger charge is -2.27. The van der Waals surface area contributed by atoms with E-state index >= 15 is 0 Å². The summed E-state index contributed by atoms with van der Waals surface area (Å²) in [4.78, 5) is 0. The Bertz CT molecular complexity index is 395. The van der Waals surface area contributed by atoms with Crippen molar-refractivity contribution in [3.8, 4) is 0 Å². The fraction of sp³-hybridized carbons (Fsp3) is 0.600. The van der Waals surface area contributed by atoms with E-state index in [9.17, 15) is 8.78 Å². The van der Waals surface area contributed by atoms with Crippen molar-refractivity contribution in [2.45, 2.75) is 39.5 Å². The number of hydrogen-bond acceptors (Lipinski definition) is 3. The summed E-state index contributed by atoms with van der Waals surface area (Å²) in [5, 5.41) is 3.27. The van der Waals surface area contributed by atoms with Gasteiger partial charge in [-0.15, -0.1) is 0 Å². The van der Waals surface area contributed by atoms with Gasteiger partial charge in [-0.05, 0) is 44.5 Å². The number of likely N-dealkylation sites (N-methyl/N-ethyl adjacent to an activating group) is 1. The van der Waals surface area contributed by atoms with E-state index in [0.29, 0.717) is 25.2 Å². The van der Waals surface area contributed by atoms with Gasteiger partial charge in [0.15, 0.2) is 17.9 Å². The second-order valence-corrected chi connectivity index (χ2v) is 4.40. The van der Waals surface area contributed by atoms with Crippen molar-refractivity contribution in [2.75, 3.05) is 19.8 Å². The van der Waals surface area contributed by atoms with E-state index in [4.69, 9.17) is 9.47 Å². The molecule has 0 aliphatic rings. The molecule has 0 radical (unpaired) electrons. The third-order valence-corrected chi connectivity index (χ3v) is 2.90. The second-order valence-electron chi connectivity index (χ2n) is 4.40. The molecule has 1 N–H and O–H groups in total. The quantitative estimate of drug-likeness (QED) is 0.708. The number of rotatable bonds is 9. The molecule has 0 bridgehead atoms. The van der Waals surface area contributed by atoms with Crippen molar-refractivity contribution in [1.82, 2.24) is 5.32 Å². The first-order valence-electron chi connectivity index (χ1n) is 7.02. The van der Waals surface area contributed by atoms with Gasteiger partial charge >= 0.3 is 0 Å². The van der Waals surface area contributed by atoms with Crippen LogP contribution in [-0.2, 0) is 15.9 Å². The van der Waals surface area contributed by atoms with Gasteiger partial charge in [-0.25, -0.2) is 8.78 Å². The lowest BCUT2D eigenvalue weighted by Crippen LogP contribution is -2.44. The summed E-state index contributed by atoms with van der Waals surface area (Å²) in [6.07, 6.45) is 0.105. The Morgan fingerprint density at radius 3 is 2.20 bits per heavy atom. The SMILES string of the molecule is CCNC(Cc1ccc(F)c(F)c1)C(OCC)OCC. The van der Waals surface area contributed by atoms with E-state index in [-0.39, 0.29) is 6.04 Å². The molecule has 1 unspecified atom stereocenters. The summed E-state index contributed by atoms with van der Waals surface area (Å²) in [5.74, 6) is -1.66. The van der Waals surface area contributed by atoms with Crippen LogP contribution in [-0.4, -0.2) is 32.1 Å². The van der Waals surface area contributed by atoms with E-state index < -0.39 is 17.9 Å². The number of halogens is 2. The van der Waals surface area contributed by atoms with Crippen LogP contribution in [0, 0.1) is 11.6 Å². The highest BCUT2D eigenvalue weighted by molar-refractivity contribution is 5.19. The van der Waals surface area contributed by atoms with Crippen LogP contribution in [0.2, 0.25) is 0 Å². The van der Waals surface area contributed by atoms with Gasteiger partial charge in [-0.3, -0.25) is 0 Å². The third kappa shape index (κ3) is 5.15. The molecule has 1 aromatic rings. The lowest BCUT2D eigenvalue weighted by molar-refractivity contribution is -0.153. The van der Waals surface area contributed by atoms with Crippen LogP contribution in [0.25, 0.3) is 0 Å². The summed E-state index contributed by atoms with van der Waals surface area (Å²) < 4.78 is 37.3. The molecule has 0 fully saturated rings. The van der Waals surface area contributed by atoms with Crippen LogP contribution in [0.4, 0.5) is 8.78 Å². The number of ether oxygens (including phenoxy) is 2. The first-order chi connectivity index (χ1) is 9.62. The van der Waals surface area contributed by atoms with Crippen LogP contribution in [0.3, 0.4) is 0 Å². The molecular weight excluding hydrogens is 264 g/mol.